The number of carbonyl (C=O) groups excluding carboxylic acids is 2. The van der Waals surface area contributed by atoms with Crippen molar-refractivity contribution in [3.8, 4) is 0 Å². The number of nitrogens with one attached hydrogen (secondary N) is 1. The minimum atomic E-state index is -0.859. The van der Waals surface area contributed by atoms with Crippen molar-refractivity contribution in [2.75, 3.05) is 32.7 Å². The quantitative estimate of drug-likeness (QED) is 0.734. The van der Waals surface area contributed by atoms with Crippen molar-refractivity contribution < 1.29 is 14.0 Å². The molecule has 2 fully saturated rings. The summed E-state index contributed by atoms with van der Waals surface area (Å²) in [4.78, 5) is 29.8. The van der Waals surface area contributed by atoms with Gasteiger partial charge in [0.2, 0.25) is 11.8 Å². The Morgan fingerprint density at radius 3 is 2.45 bits per heavy atom. The van der Waals surface area contributed by atoms with Gasteiger partial charge in [-0.3, -0.25) is 14.5 Å². The molecular weight excluding hydrogens is 366 g/mol. The maximum absolute atomic E-state index is 13.0. The predicted octanol–water partition coefficient (Wildman–Crippen LogP) is 2.53. The van der Waals surface area contributed by atoms with Gasteiger partial charge in [-0.1, -0.05) is 42.5 Å². The van der Waals surface area contributed by atoms with Crippen molar-refractivity contribution in [3.05, 3.63) is 66.1 Å². The normalized spacial score (nSPS) is 18.7. The van der Waals surface area contributed by atoms with E-state index in [1.165, 1.54) is 5.56 Å². The number of hydrogen-bond acceptors (Lipinski definition) is 4. The fourth-order valence-corrected chi connectivity index (χ4v) is 3.75. The second-order valence-corrected chi connectivity index (χ2v) is 7.75. The average Bonchev–Trinajstić information content (AvgIpc) is 3.41. The molecule has 6 nitrogen and oxygen atoms in total. The van der Waals surface area contributed by atoms with Gasteiger partial charge in [-0.25, -0.2) is 0 Å². The first-order chi connectivity index (χ1) is 14.2. The van der Waals surface area contributed by atoms with Crippen LogP contribution in [0.1, 0.15) is 24.2 Å². The molecule has 1 aliphatic heterocycles. The molecule has 1 saturated carbocycles. The molecule has 0 atom stereocenters. The molecule has 1 aromatic heterocycles. The lowest BCUT2D eigenvalue weighted by Crippen LogP contribution is -2.53. The summed E-state index contributed by atoms with van der Waals surface area (Å²) >= 11 is 0. The third kappa shape index (κ3) is 4.59. The highest BCUT2D eigenvalue weighted by atomic mass is 16.3. The standard InChI is InChI=1S/C23H27N3O3/c27-21(24-18-20-9-5-17-29-20)23(10-11-23)22(28)26-15-13-25(14-16-26)12-4-8-19-6-2-1-3-7-19/h1-9,17H,10-16,18H2,(H,24,27)/b8-4+. The van der Waals surface area contributed by atoms with Crippen molar-refractivity contribution in [2.24, 2.45) is 5.41 Å². The second kappa shape index (κ2) is 8.66. The number of hydrogen-bond donors (Lipinski definition) is 1. The van der Waals surface area contributed by atoms with Crippen LogP contribution in [0.15, 0.2) is 59.2 Å². The molecule has 1 aromatic carbocycles. The van der Waals surface area contributed by atoms with Gasteiger partial charge in [0, 0.05) is 32.7 Å². The molecular formula is C23H27N3O3. The van der Waals surface area contributed by atoms with Crippen molar-refractivity contribution in [1.82, 2.24) is 15.1 Å². The van der Waals surface area contributed by atoms with Gasteiger partial charge in [0.15, 0.2) is 0 Å². The molecule has 6 heteroatoms. The molecule has 2 heterocycles. The highest BCUT2D eigenvalue weighted by Crippen LogP contribution is 2.47. The summed E-state index contributed by atoms with van der Waals surface area (Å²) < 4.78 is 5.24. The first kappa shape index (κ1) is 19.5. The number of nitrogens with zero attached hydrogens (tertiary/aromatic N) is 2. The Kier molecular flexibility index (Phi) is 5.81. The van der Waals surface area contributed by atoms with E-state index < -0.39 is 5.41 Å². The van der Waals surface area contributed by atoms with E-state index >= 15 is 0 Å². The second-order valence-electron chi connectivity index (χ2n) is 7.75. The SMILES string of the molecule is O=C(NCc1ccco1)C1(C(=O)N2CCN(C/C=C/c3ccccc3)CC2)CC1. The summed E-state index contributed by atoms with van der Waals surface area (Å²) in [6.07, 6.45) is 7.14. The summed E-state index contributed by atoms with van der Waals surface area (Å²) in [5, 5.41) is 2.86. The van der Waals surface area contributed by atoms with Gasteiger partial charge in [0.1, 0.15) is 11.2 Å². The Hall–Kier alpha value is -2.86. The maximum atomic E-state index is 13.0. The van der Waals surface area contributed by atoms with Crippen LogP contribution in [0.25, 0.3) is 6.08 Å². The minimum Gasteiger partial charge on any atom is -0.467 e. The molecule has 152 valence electrons. The van der Waals surface area contributed by atoms with Crippen LogP contribution in [0.3, 0.4) is 0 Å². The Morgan fingerprint density at radius 2 is 1.79 bits per heavy atom. The Balaban J connectivity index is 1.24. The third-order valence-electron chi connectivity index (χ3n) is 5.73. The first-order valence-electron chi connectivity index (χ1n) is 10.2. The zero-order valence-electron chi connectivity index (χ0n) is 16.5. The average molecular weight is 393 g/mol. The summed E-state index contributed by atoms with van der Waals surface area (Å²) in [5.41, 5.74) is 0.333. The molecule has 29 heavy (non-hydrogen) atoms. The van der Waals surface area contributed by atoms with Crippen LogP contribution in [0.5, 0.6) is 0 Å². The van der Waals surface area contributed by atoms with Gasteiger partial charge in [-0.15, -0.1) is 0 Å². The number of furan rings is 1. The van der Waals surface area contributed by atoms with E-state index in [2.05, 4.69) is 34.5 Å². The van der Waals surface area contributed by atoms with E-state index in [9.17, 15) is 9.59 Å². The van der Waals surface area contributed by atoms with Gasteiger partial charge in [-0.2, -0.15) is 0 Å². The van der Waals surface area contributed by atoms with Crippen LogP contribution >= 0.6 is 0 Å². The molecule has 0 radical (unpaired) electrons. The van der Waals surface area contributed by atoms with Crippen molar-refractivity contribution in [2.45, 2.75) is 19.4 Å². The summed E-state index contributed by atoms with van der Waals surface area (Å²) in [7, 11) is 0. The van der Waals surface area contributed by atoms with Gasteiger partial charge >= 0.3 is 0 Å². The van der Waals surface area contributed by atoms with Gasteiger partial charge in [-0.05, 0) is 30.5 Å². The number of amides is 2. The lowest BCUT2D eigenvalue weighted by Gasteiger charge is -2.35. The minimum absolute atomic E-state index is 0.0195. The van der Waals surface area contributed by atoms with Crippen molar-refractivity contribution in [3.63, 3.8) is 0 Å². The van der Waals surface area contributed by atoms with Crippen LogP contribution in [-0.4, -0.2) is 54.3 Å². The molecule has 2 amide bonds. The maximum Gasteiger partial charge on any atom is 0.238 e. The zero-order chi connectivity index (χ0) is 20.1. The molecule has 0 spiro atoms. The number of carbonyl (C=O) groups is 2. The van der Waals surface area contributed by atoms with E-state index in [1.54, 1.807) is 12.3 Å². The van der Waals surface area contributed by atoms with Crippen LogP contribution in [-0.2, 0) is 16.1 Å². The molecule has 4 rings (SSSR count). The van der Waals surface area contributed by atoms with E-state index in [4.69, 9.17) is 4.42 Å². The topological polar surface area (TPSA) is 65.8 Å². The Bertz CT molecular complexity index is 849. The van der Waals surface area contributed by atoms with Crippen molar-refractivity contribution >= 4 is 17.9 Å². The fraction of sp³-hybridized carbons (Fsp3) is 0.391. The molecule has 0 unspecified atom stereocenters. The van der Waals surface area contributed by atoms with E-state index in [1.807, 2.05) is 29.2 Å². The predicted molar refractivity (Wildman–Crippen MR) is 111 cm³/mol. The Labute approximate surface area is 171 Å². The Morgan fingerprint density at radius 1 is 1.03 bits per heavy atom. The number of piperazine rings is 1. The highest BCUT2D eigenvalue weighted by Gasteiger charge is 2.58. The van der Waals surface area contributed by atoms with Gasteiger partial charge < -0.3 is 14.6 Å². The van der Waals surface area contributed by atoms with Crippen LogP contribution in [0.4, 0.5) is 0 Å². The van der Waals surface area contributed by atoms with E-state index in [0.29, 0.717) is 38.2 Å². The van der Waals surface area contributed by atoms with Gasteiger partial charge in [0.05, 0.1) is 12.8 Å². The fourth-order valence-electron chi connectivity index (χ4n) is 3.75. The lowest BCUT2D eigenvalue weighted by atomic mass is 10.0. The molecule has 2 aliphatic rings. The summed E-state index contributed by atoms with van der Waals surface area (Å²) in [6, 6.07) is 13.8. The smallest absolute Gasteiger partial charge is 0.238 e. The van der Waals surface area contributed by atoms with Crippen molar-refractivity contribution in [1.29, 1.82) is 0 Å². The molecule has 0 bridgehead atoms. The molecule has 2 aromatic rings. The largest absolute Gasteiger partial charge is 0.467 e. The monoisotopic (exact) mass is 393 g/mol. The van der Waals surface area contributed by atoms with E-state index in [0.717, 1.165) is 19.6 Å². The molecule has 1 saturated heterocycles. The summed E-state index contributed by atoms with van der Waals surface area (Å²) in [5.74, 6) is 0.500. The van der Waals surface area contributed by atoms with Crippen LogP contribution < -0.4 is 5.32 Å². The van der Waals surface area contributed by atoms with Crippen LogP contribution in [0.2, 0.25) is 0 Å². The molecule has 1 aliphatic carbocycles. The lowest BCUT2D eigenvalue weighted by molar-refractivity contribution is -0.145. The van der Waals surface area contributed by atoms with E-state index in [-0.39, 0.29) is 11.8 Å². The highest BCUT2D eigenvalue weighted by molar-refractivity contribution is 6.07. The van der Waals surface area contributed by atoms with Crippen LogP contribution in [0, 0.1) is 5.41 Å². The van der Waals surface area contributed by atoms with Gasteiger partial charge in [0.25, 0.3) is 0 Å². The zero-order valence-corrected chi connectivity index (χ0v) is 16.5. The molecule has 1 N–H and O–H groups in total. The number of benzene rings is 1. The third-order valence-corrected chi connectivity index (χ3v) is 5.73. The summed E-state index contributed by atoms with van der Waals surface area (Å²) in [6.45, 7) is 4.19. The first-order valence-corrected chi connectivity index (χ1v) is 10.2. The number of rotatable bonds is 7.